The van der Waals surface area contributed by atoms with E-state index in [1.54, 1.807) is 0 Å². The van der Waals surface area contributed by atoms with Gasteiger partial charge >= 0.3 is 0 Å². The molecule has 0 radical (unpaired) electrons. The minimum Gasteiger partial charge on any atom is -0.353 e. The van der Waals surface area contributed by atoms with E-state index in [0.717, 1.165) is 6.42 Å². The summed E-state index contributed by atoms with van der Waals surface area (Å²) in [5.74, 6) is 0.667. The van der Waals surface area contributed by atoms with Crippen LogP contribution in [-0.2, 0) is 4.79 Å². The molecule has 1 saturated carbocycles. The Hall–Kier alpha value is -0.570. The molecular weight excluding hydrogens is 152 g/mol. The molecular formula is C9H18N2O. The molecule has 1 amide bonds. The summed E-state index contributed by atoms with van der Waals surface area (Å²) in [6, 6.07) is 0.349. The van der Waals surface area contributed by atoms with Crippen LogP contribution in [0.3, 0.4) is 0 Å². The number of rotatable bonds is 3. The Balaban J connectivity index is 2.35. The van der Waals surface area contributed by atoms with Crippen LogP contribution in [0.25, 0.3) is 0 Å². The molecule has 1 fully saturated rings. The molecule has 12 heavy (non-hydrogen) atoms. The lowest BCUT2D eigenvalue weighted by Gasteiger charge is -2.18. The van der Waals surface area contributed by atoms with Crippen LogP contribution >= 0.6 is 0 Å². The van der Waals surface area contributed by atoms with Crippen molar-refractivity contribution in [2.75, 3.05) is 6.54 Å². The highest BCUT2D eigenvalue weighted by atomic mass is 16.1. The fourth-order valence-electron chi connectivity index (χ4n) is 1.82. The van der Waals surface area contributed by atoms with Crippen molar-refractivity contribution in [2.45, 2.75) is 38.6 Å². The average Bonchev–Trinajstić information content (AvgIpc) is 2.51. The monoisotopic (exact) mass is 170 g/mol. The summed E-state index contributed by atoms with van der Waals surface area (Å²) in [6.45, 7) is 2.58. The smallest absolute Gasteiger partial charge is 0.219 e. The van der Waals surface area contributed by atoms with Crippen molar-refractivity contribution in [1.29, 1.82) is 0 Å². The first-order valence-corrected chi connectivity index (χ1v) is 4.77. The second kappa shape index (κ2) is 4.45. The maximum absolute atomic E-state index is 11.1. The van der Waals surface area contributed by atoms with Crippen molar-refractivity contribution in [2.24, 2.45) is 11.7 Å². The van der Waals surface area contributed by atoms with E-state index in [-0.39, 0.29) is 5.91 Å². The first kappa shape index (κ1) is 9.52. The van der Waals surface area contributed by atoms with Gasteiger partial charge in [0.05, 0.1) is 0 Å². The lowest BCUT2D eigenvalue weighted by molar-refractivity contribution is -0.121. The molecule has 3 N–H and O–H groups in total. The van der Waals surface area contributed by atoms with Crippen molar-refractivity contribution < 1.29 is 4.79 Å². The number of nitrogens with one attached hydrogen (secondary N) is 1. The third-order valence-electron chi connectivity index (χ3n) is 2.63. The van der Waals surface area contributed by atoms with Crippen LogP contribution < -0.4 is 11.1 Å². The van der Waals surface area contributed by atoms with Crippen LogP contribution in [0.1, 0.15) is 32.6 Å². The van der Waals surface area contributed by atoms with Gasteiger partial charge in [-0.25, -0.2) is 0 Å². The summed E-state index contributed by atoms with van der Waals surface area (Å²) in [5.41, 5.74) is 5.59. The van der Waals surface area contributed by atoms with Crippen molar-refractivity contribution in [1.82, 2.24) is 5.32 Å². The van der Waals surface area contributed by atoms with Crippen molar-refractivity contribution in [3.63, 3.8) is 0 Å². The van der Waals surface area contributed by atoms with Crippen LogP contribution in [0, 0.1) is 5.92 Å². The lowest BCUT2D eigenvalue weighted by Crippen LogP contribution is -2.39. The molecule has 0 saturated heterocycles. The Labute approximate surface area is 73.7 Å². The minimum atomic E-state index is 0.153. The zero-order valence-electron chi connectivity index (χ0n) is 7.68. The largest absolute Gasteiger partial charge is 0.353 e. The molecule has 3 nitrogen and oxygen atoms in total. The summed E-state index contributed by atoms with van der Waals surface area (Å²) in [6.07, 6.45) is 4.06. The third-order valence-corrected chi connectivity index (χ3v) is 2.63. The predicted molar refractivity (Wildman–Crippen MR) is 48.6 cm³/mol. The van der Waals surface area contributed by atoms with Gasteiger partial charge in [0.15, 0.2) is 0 Å². The Morgan fingerprint density at radius 1 is 1.58 bits per heavy atom. The molecule has 2 atom stereocenters. The van der Waals surface area contributed by atoms with Gasteiger partial charge in [0.25, 0.3) is 0 Å². The topological polar surface area (TPSA) is 55.1 Å². The number of amides is 1. The van der Waals surface area contributed by atoms with E-state index in [1.807, 2.05) is 6.92 Å². The number of nitrogens with two attached hydrogens (primary N) is 1. The van der Waals surface area contributed by atoms with E-state index in [4.69, 9.17) is 5.73 Å². The summed E-state index contributed by atoms with van der Waals surface area (Å²) in [7, 11) is 0. The van der Waals surface area contributed by atoms with E-state index in [1.165, 1.54) is 12.8 Å². The van der Waals surface area contributed by atoms with Gasteiger partial charge in [0.1, 0.15) is 0 Å². The van der Waals surface area contributed by atoms with E-state index in [9.17, 15) is 4.79 Å². The van der Waals surface area contributed by atoms with E-state index < -0.39 is 0 Å². The molecule has 70 valence electrons. The summed E-state index contributed by atoms with van der Waals surface area (Å²) in [4.78, 5) is 11.1. The van der Waals surface area contributed by atoms with Crippen LogP contribution in [0.2, 0.25) is 0 Å². The molecule has 0 aromatic rings. The van der Waals surface area contributed by atoms with Gasteiger partial charge in [0.2, 0.25) is 5.91 Å². The number of carbonyl (C=O) groups excluding carboxylic acids is 1. The zero-order chi connectivity index (χ0) is 8.97. The lowest BCUT2D eigenvalue weighted by atomic mass is 10.0. The van der Waals surface area contributed by atoms with Gasteiger partial charge < -0.3 is 11.1 Å². The molecule has 1 rings (SSSR count). The SMILES string of the molecule is CCC(=O)NC1CCCC1CN. The third kappa shape index (κ3) is 2.21. The van der Waals surface area contributed by atoms with Crippen LogP contribution in [0.5, 0.6) is 0 Å². The summed E-state index contributed by atoms with van der Waals surface area (Å²) < 4.78 is 0. The van der Waals surface area contributed by atoms with Gasteiger partial charge in [-0.2, -0.15) is 0 Å². The van der Waals surface area contributed by atoms with E-state index in [2.05, 4.69) is 5.32 Å². The second-order valence-electron chi connectivity index (χ2n) is 3.45. The molecule has 1 aliphatic rings. The molecule has 0 bridgehead atoms. The normalized spacial score (nSPS) is 28.8. The molecule has 0 heterocycles. The fourth-order valence-corrected chi connectivity index (χ4v) is 1.82. The highest BCUT2D eigenvalue weighted by Gasteiger charge is 2.26. The average molecular weight is 170 g/mol. The fraction of sp³-hybridized carbons (Fsp3) is 0.889. The van der Waals surface area contributed by atoms with E-state index >= 15 is 0 Å². The highest BCUT2D eigenvalue weighted by Crippen LogP contribution is 2.24. The van der Waals surface area contributed by atoms with Gasteiger partial charge in [-0.3, -0.25) is 4.79 Å². The first-order chi connectivity index (χ1) is 5.77. The second-order valence-corrected chi connectivity index (χ2v) is 3.45. The molecule has 0 aliphatic heterocycles. The Bertz CT molecular complexity index is 159. The Kier molecular flexibility index (Phi) is 3.53. The number of hydrogen-bond donors (Lipinski definition) is 2. The molecule has 0 aromatic heterocycles. The van der Waals surface area contributed by atoms with Crippen LogP contribution in [-0.4, -0.2) is 18.5 Å². The molecule has 0 aromatic carbocycles. The van der Waals surface area contributed by atoms with Gasteiger partial charge in [-0.15, -0.1) is 0 Å². The molecule has 0 spiro atoms. The highest BCUT2D eigenvalue weighted by molar-refractivity contribution is 5.75. The van der Waals surface area contributed by atoms with Crippen LogP contribution in [0.4, 0.5) is 0 Å². The zero-order valence-corrected chi connectivity index (χ0v) is 7.68. The number of carbonyl (C=O) groups is 1. The van der Waals surface area contributed by atoms with Crippen molar-refractivity contribution in [3.8, 4) is 0 Å². The maximum atomic E-state index is 11.1. The Morgan fingerprint density at radius 3 is 2.92 bits per heavy atom. The quantitative estimate of drug-likeness (QED) is 0.653. The van der Waals surface area contributed by atoms with Crippen molar-refractivity contribution >= 4 is 5.91 Å². The van der Waals surface area contributed by atoms with Crippen molar-refractivity contribution in [3.05, 3.63) is 0 Å². The van der Waals surface area contributed by atoms with E-state index in [0.29, 0.717) is 24.9 Å². The Morgan fingerprint density at radius 2 is 2.33 bits per heavy atom. The van der Waals surface area contributed by atoms with Gasteiger partial charge in [0, 0.05) is 12.5 Å². The minimum absolute atomic E-state index is 0.153. The first-order valence-electron chi connectivity index (χ1n) is 4.77. The van der Waals surface area contributed by atoms with Crippen LogP contribution in [0.15, 0.2) is 0 Å². The standard InChI is InChI=1S/C9H18N2O/c1-2-9(12)11-8-5-3-4-7(8)6-10/h7-8H,2-6,10H2,1H3,(H,11,12). The molecule has 2 unspecified atom stereocenters. The summed E-state index contributed by atoms with van der Waals surface area (Å²) >= 11 is 0. The maximum Gasteiger partial charge on any atom is 0.219 e. The molecule has 3 heteroatoms. The predicted octanol–water partition coefficient (Wildman–Crippen LogP) is 0.640. The van der Waals surface area contributed by atoms with Gasteiger partial charge in [-0.05, 0) is 25.3 Å². The molecule has 1 aliphatic carbocycles. The van der Waals surface area contributed by atoms with Gasteiger partial charge in [-0.1, -0.05) is 13.3 Å². The number of hydrogen-bond acceptors (Lipinski definition) is 2. The summed E-state index contributed by atoms with van der Waals surface area (Å²) in [5, 5.41) is 3.01.